The largest absolute Gasteiger partial charge is 0.366 e. The standard InChI is InChI=1S/C21H16FN3O/c1-2-13-8-7-12(11-24-13)9-15-17(22)10-16(21(23)26)20-19(15)14-5-3-4-6-18(14)25-20/h2-8,10-11,25H,1,9H2,(H2,23,26). The maximum absolute atomic E-state index is 14.9. The minimum Gasteiger partial charge on any atom is -0.366 e. The first kappa shape index (κ1) is 16.0. The van der Waals surface area contributed by atoms with Gasteiger partial charge in [-0.2, -0.15) is 0 Å². The monoisotopic (exact) mass is 345 g/mol. The summed E-state index contributed by atoms with van der Waals surface area (Å²) in [6.07, 6.45) is 3.72. The van der Waals surface area contributed by atoms with Gasteiger partial charge in [-0.05, 0) is 29.8 Å². The van der Waals surface area contributed by atoms with Crippen molar-refractivity contribution in [1.82, 2.24) is 9.97 Å². The zero-order valence-corrected chi connectivity index (χ0v) is 13.9. The number of amides is 1. The number of nitrogens with zero attached hydrogens (tertiary/aromatic N) is 1. The molecule has 4 aromatic rings. The molecule has 0 bridgehead atoms. The Morgan fingerprint density at radius 3 is 2.77 bits per heavy atom. The van der Waals surface area contributed by atoms with Gasteiger partial charge in [0.2, 0.25) is 0 Å². The second-order valence-corrected chi connectivity index (χ2v) is 6.14. The molecule has 0 aliphatic rings. The topological polar surface area (TPSA) is 71.8 Å². The molecule has 2 heterocycles. The Morgan fingerprint density at radius 2 is 2.08 bits per heavy atom. The van der Waals surface area contributed by atoms with E-state index < -0.39 is 11.7 Å². The highest BCUT2D eigenvalue weighted by molar-refractivity contribution is 6.16. The highest BCUT2D eigenvalue weighted by Gasteiger charge is 2.19. The van der Waals surface area contributed by atoms with E-state index in [2.05, 4.69) is 16.5 Å². The van der Waals surface area contributed by atoms with Crippen LogP contribution < -0.4 is 5.73 Å². The normalized spacial score (nSPS) is 11.1. The van der Waals surface area contributed by atoms with Crippen molar-refractivity contribution in [3.63, 3.8) is 0 Å². The number of halogens is 1. The van der Waals surface area contributed by atoms with E-state index in [1.807, 2.05) is 36.4 Å². The number of carbonyl (C=O) groups excluding carboxylic acids is 1. The van der Waals surface area contributed by atoms with Crippen LogP contribution in [-0.4, -0.2) is 15.9 Å². The third-order valence-electron chi connectivity index (χ3n) is 4.54. The number of nitrogens with one attached hydrogen (secondary N) is 1. The number of para-hydroxylation sites is 1. The average Bonchev–Trinajstić information content (AvgIpc) is 3.03. The summed E-state index contributed by atoms with van der Waals surface area (Å²) < 4.78 is 14.9. The summed E-state index contributed by atoms with van der Waals surface area (Å²) in [6.45, 7) is 3.68. The number of hydrogen-bond acceptors (Lipinski definition) is 2. The van der Waals surface area contributed by atoms with E-state index >= 15 is 0 Å². The van der Waals surface area contributed by atoms with Gasteiger partial charge < -0.3 is 10.7 Å². The number of nitrogens with two attached hydrogens (primary N) is 1. The van der Waals surface area contributed by atoms with E-state index in [9.17, 15) is 9.18 Å². The Kier molecular flexibility index (Phi) is 3.77. The van der Waals surface area contributed by atoms with Crippen molar-refractivity contribution >= 4 is 33.8 Å². The lowest BCUT2D eigenvalue weighted by atomic mass is 9.97. The van der Waals surface area contributed by atoms with Crippen LogP contribution in [0.15, 0.2) is 55.2 Å². The summed E-state index contributed by atoms with van der Waals surface area (Å²) in [5, 5.41) is 1.54. The molecule has 0 unspecified atom stereocenters. The first-order valence-electron chi connectivity index (χ1n) is 8.17. The first-order valence-corrected chi connectivity index (χ1v) is 8.17. The minimum absolute atomic E-state index is 0.151. The SMILES string of the molecule is C=Cc1ccc(Cc2c(F)cc(C(N)=O)c3[nH]c4ccccc4c23)cn1. The number of pyridine rings is 1. The van der Waals surface area contributed by atoms with Gasteiger partial charge in [0, 0.05) is 34.5 Å². The molecular formula is C21H16FN3O. The fourth-order valence-electron chi connectivity index (χ4n) is 3.30. The Hall–Kier alpha value is -3.47. The fourth-order valence-corrected chi connectivity index (χ4v) is 3.30. The maximum Gasteiger partial charge on any atom is 0.250 e. The molecule has 0 atom stereocenters. The third-order valence-corrected chi connectivity index (χ3v) is 4.54. The van der Waals surface area contributed by atoms with Crippen molar-refractivity contribution in [3.05, 3.63) is 83.4 Å². The lowest BCUT2D eigenvalue weighted by molar-refractivity contribution is 0.100. The second kappa shape index (κ2) is 6.11. The highest BCUT2D eigenvalue weighted by Crippen LogP contribution is 2.33. The number of H-pyrrole nitrogens is 1. The van der Waals surface area contributed by atoms with Crippen LogP contribution in [0.3, 0.4) is 0 Å². The molecule has 128 valence electrons. The molecule has 0 aliphatic heterocycles. The molecule has 0 fully saturated rings. The van der Waals surface area contributed by atoms with Gasteiger partial charge in [-0.25, -0.2) is 4.39 Å². The Bertz CT molecular complexity index is 1160. The molecule has 2 aromatic carbocycles. The zero-order valence-electron chi connectivity index (χ0n) is 13.9. The summed E-state index contributed by atoms with van der Waals surface area (Å²) in [4.78, 5) is 19.3. The summed E-state index contributed by atoms with van der Waals surface area (Å²) in [6, 6.07) is 12.5. The van der Waals surface area contributed by atoms with Crippen LogP contribution in [0, 0.1) is 5.82 Å². The molecule has 0 saturated carbocycles. The number of carbonyl (C=O) groups is 1. The predicted molar refractivity (Wildman–Crippen MR) is 101 cm³/mol. The molecule has 0 spiro atoms. The van der Waals surface area contributed by atoms with Gasteiger partial charge in [-0.1, -0.05) is 30.8 Å². The van der Waals surface area contributed by atoms with Crippen molar-refractivity contribution < 1.29 is 9.18 Å². The molecule has 4 rings (SSSR count). The van der Waals surface area contributed by atoms with Crippen molar-refractivity contribution in [2.75, 3.05) is 0 Å². The van der Waals surface area contributed by atoms with Crippen molar-refractivity contribution in [2.45, 2.75) is 6.42 Å². The van der Waals surface area contributed by atoms with Crippen LogP contribution in [0.5, 0.6) is 0 Å². The molecule has 2 aromatic heterocycles. The van der Waals surface area contributed by atoms with Crippen LogP contribution in [0.25, 0.3) is 27.9 Å². The summed E-state index contributed by atoms with van der Waals surface area (Å²) in [5.74, 6) is -1.12. The summed E-state index contributed by atoms with van der Waals surface area (Å²) in [5.41, 5.74) is 9.14. The minimum atomic E-state index is -0.663. The van der Waals surface area contributed by atoms with Gasteiger partial charge in [0.15, 0.2) is 0 Å². The first-order chi connectivity index (χ1) is 12.6. The molecule has 4 nitrogen and oxygen atoms in total. The molecule has 26 heavy (non-hydrogen) atoms. The molecule has 1 amide bonds. The van der Waals surface area contributed by atoms with Crippen LogP contribution in [0.2, 0.25) is 0 Å². The second-order valence-electron chi connectivity index (χ2n) is 6.14. The maximum atomic E-state index is 14.9. The number of aromatic amines is 1. The van der Waals surface area contributed by atoms with Gasteiger partial charge in [-0.15, -0.1) is 0 Å². The average molecular weight is 345 g/mol. The van der Waals surface area contributed by atoms with Gasteiger partial charge in [-0.3, -0.25) is 9.78 Å². The van der Waals surface area contributed by atoms with Crippen LogP contribution in [-0.2, 0) is 6.42 Å². The number of rotatable bonds is 4. The fraction of sp³-hybridized carbons (Fsp3) is 0.0476. The van der Waals surface area contributed by atoms with E-state index in [1.54, 1.807) is 12.3 Å². The highest BCUT2D eigenvalue weighted by atomic mass is 19.1. The van der Waals surface area contributed by atoms with Crippen LogP contribution in [0.4, 0.5) is 4.39 Å². The van der Waals surface area contributed by atoms with E-state index in [-0.39, 0.29) is 5.56 Å². The Morgan fingerprint density at radius 1 is 1.27 bits per heavy atom. The molecule has 0 saturated heterocycles. The summed E-state index contributed by atoms with van der Waals surface area (Å²) in [7, 11) is 0. The smallest absolute Gasteiger partial charge is 0.250 e. The molecule has 0 aliphatic carbocycles. The quantitative estimate of drug-likeness (QED) is 0.582. The number of hydrogen-bond donors (Lipinski definition) is 2. The van der Waals surface area contributed by atoms with Gasteiger partial charge in [0.1, 0.15) is 5.82 Å². The number of aromatic nitrogens is 2. The zero-order chi connectivity index (χ0) is 18.3. The Balaban J connectivity index is 1.98. The van der Waals surface area contributed by atoms with Crippen LogP contribution >= 0.6 is 0 Å². The lowest BCUT2D eigenvalue weighted by Gasteiger charge is -2.09. The summed E-state index contributed by atoms with van der Waals surface area (Å²) >= 11 is 0. The number of primary amides is 1. The molecule has 0 radical (unpaired) electrons. The van der Waals surface area contributed by atoms with E-state index in [4.69, 9.17) is 5.73 Å². The predicted octanol–water partition coefficient (Wildman–Crippen LogP) is 4.19. The Labute approximate surface area is 149 Å². The van der Waals surface area contributed by atoms with Crippen molar-refractivity contribution in [3.8, 4) is 0 Å². The molecule has 3 N–H and O–H groups in total. The van der Waals surface area contributed by atoms with Gasteiger partial charge in [0.05, 0.1) is 16.8 Å². The van der Waals surface area contributed by atoms with Gasteiger partial charge >= 0.3 is 0 Å². The van der Waals surface area contributed by atoms with E-state index in [0.717, 1.165) is 22.2 Å². The number of benzene rings is 2. The van der Waals surface area contributed by atoms with Crippen molar-refractivity contribution in [1.29, 1.82) is 0 Å². The van der Waals surface area contributed by atoms with Crippen molar-refractivity contribution in [2.24, 2.45) is 5.73 Å². The van der Waals surface area contributed by atoms with Crippen LogP contribution in [0.1, 0.15) is 27.2 Å². The lowest BCUT2D eigenvalue weighted by Crippen LogP contribution is -2.13. The van der Waals surface area contributed by atoms with Gasteiger partial charge in [0.25, 0.3) is 5.91 Å². The van der Waals surface area contributed by atoms with E-state index in [0.29, 0.717) is 22.9 Å². The number of fused-ring (bicyclic) bond motifs is 3. The molecule has 5 heteroatoms. The third kappa shape index (κ3) is 2.54. The van der Waals surface area contributed by atoms with E-state index in [1.165, 1.54) is 6.07 Å². The molecular weight excluding hydrogens is 329 g/mol.